The lowest BCUT2D eigenvalue weighted by Crippen LogP contribution is -2.32. The molecule has 1 aromatic rings. The van der Waals surface area contributed by atoms with Gasteiger partial charge in [0.2, 0.25) is 0 Å². The van der Waals surface area contributed by atoms with E-state index in [1.807, 2.05) is 0 Å². The number of aliphatic hydroxyl groups excluding tert-OH is 1. The molecule has 0 radical (unpaired) electrons. The van der Waals surface area contributed by atoms with Gasteiger partial charge in [-0.05, 0) is 43.7 Å². The molecule has 1 amide bonds. The van der Waals surface area contributed by atoms with E-state index in [0.717, 1.165) is 31.7 Å². The van der Waals surface area contributed by atoms with Crippen LogP contribution < -0.4 is 5.32 Å². The smallest absolute Gasteiger partial charge is 0.255 e. The predicted octanol–water partition coefficient (Wildman–Crippen LogP) is 1.38. The number of nitrogens with one attached hydrogen (secondary N) is 1. The maximum absolute atomic E-state index is 11.9. The Morgan fingerprint density at radius 3 is 2.53 bits per heavy atom. The van der Waals surface area contributed by atoms with Crippen molar-refractivity contribution in [3.05, 3.63) is 23.8 Å². The van der Waals surface area contributed by atoms with Gasteiger partial charge in [-0.25, -0.2) is 0 Å². The number of phenols is 2. The number of hydrogen-bond donors (Lipinski definition) is 4. The average Bonchev–Trinajstić information content (AvgIpc) is 2.37. The third kappa shape index (κ3) is 3.61. The number of hydrogen-bond acceptors (Lipinski definition) is 4. The van der Waals surface area contributed by atoms with Crippen molar-refractivity contribution in [1.29, 1.82) is 0 Å². The highest BCUT2D eigenvalue weighted by Crippen LogP contribution is 2.25. The summed E-state index contributed by atoms with van der Waals surface area (Å²) in [5.41, 5.74) is 0.161. The van der Waals surface area contributed by atoms with Gasteiger partial charge < -0.3 is 20.6 Å². The number of carbonyl (C=O) groups excluding carboxylic acids is 1. The largest absolute Gasteiger partial charge is 0.508 e. The fourth-order valence-corrected chi connectivity index (χ4v) is 2.39. The number of benzene rings is 1. The Morgan fingerprint density at radius 1 is 1.21 bits per heavy atom. The zero-order valence-corrected chi connectivity index (χ0v) is 10.7. The summed E-state index contributed by atoms with van der Waals surface area (Å²) in [6.45, 7) is 0.547. The summed E-state index contributed by atoms with van der Waals surface area (Å²) in [6.07, 6.45) is 3.18. The van der Waals surface area contributed by atoms with E-state index in [-0.39, 0.29) is 29.1 Å². The van der Waals surface area contributed by atoms with Crippen LogP contribution in [0.1, 0.15) is 36.0 Å². The second-order valence-electron chi connectivity index (χ2n) is 5.09. The van der Waals surface area contributed by atoms with Crippen molar-refractivity contribution in [1.82, 2.24) is 5.32 Å². The van der Waals surface area contributed by atoms with E-state index in [2.05, 4.69) is 5.32 Å². The molecular formula is C14H19NO4. The van der Waals surface area contributed by atoms with Crippen LogP contribution in [0.3, 0.4) is 0 Å². The Labute approximate surface area is 111 Å². The molecule has 5 nitrogen and oxygen atoms in total. The molecule has 104 valence electrons. The Hall–Kier alpha value is -1.75. The van der Waals surface area contributed by atoms with Gasteiger partial charge in [-0.2, -0.15) is 0 Å². The summed E-state index contributed by atoms with van der Waals surface area (Å²) in [7, 11) is 0. The van der Waals surface area contributed by atoms with E-state index in [1.165, 1.54) is 12.1 Å². The Bertz CT molecular complexity index is 453. The molecule has 0 spiro atoms. The molecule has 0 unspecified atom stereocenters. The maximum atomic E-state index is 11.9. The summed E-state index contributed by atoms with van der Waals surface area (Å²) in [5.74, 6) is -0.262. The summed E-state index contributed by atoms with van der Waals surface area (Å²) in [6, 6.07) is 3.90. The zero-order valence-electron chi connectivity index (χ0n) is 10.7. The molecule has 1 aliphatic carbocycles. The van der Waals surface area contributed by atoms with Crippen LogP contribution in [0.4, 0.5) is 0 Å². The number of carbonyl (C=O) groups is 1. The summed E-state index contributed by atoms with van der Waals surface area (Å²) in [4.78, 5) is 11.9. The van der Waals surface area contributed by atoms with Gasteiger partial charge in [0.15, 0.2) is 0 Å². The lowest BCUT2D eigenvalue weighted by molar-refractivity contribution is 0.0908. The van der Waals surface area contributed by atoms with E-state index < -0.39 is 0 Å². The molecule has 5 heteroatoms. The second-order valence-corrected chi connectivity index (χ2v) is 5.09. The van der Waals surface area contributed by atoms with Crippen LogP contribution in [-0.4, -0.2) is 33.9 Å². The van der Waals surface area contributed by atoms with Gasteiger partial charge in [0, 0.05) is 12.6 Å². The number of rotatable bonds is 3. The summed E-state index contributed by atoms with van der Waals surface area (Å²) >= 11 is 0. The van der Waals surface area contributed by atoms with Crippen LogP contribution >= 0.6 is 0 Å². The fraction of sp³-hybridized carbons (Fsp3) is 0.500. The van der Waals surface area contributed by atoms with Gasteiger partial charge in [-0.3, -0.25) is 4.79 Å². The van der Waals surface area contributed by atoms with Gasteiger partial charge in [0.05, 0.1) is 11.7 Å². The van der Waals surface area contributed by atoms with Crippen LogP contribution in [0.25, 0.3) is 0 Å². The summed E-state index contributed by atoms with van der Waals surface area (Å²) < 4.78 is 0. The minimum Gasteiger partial charge on any atom is -0.508 e. The average molecular weight is 265 g/mol. The van der Waals surface area contributed by atoms with Gasteiger partial charge in [0.25, 0.3) is 5.91 Å². The number of aliphatic hydroxyl groups is 1. The third-order valence-corrected chi connectivity index (χ3v) is 3.59. The second kappa shape index (κ2) is 5.93. The fourth-order valence-electron chi connectivity index (χ4n) is 2.39. The maximum Gasteiger partial charge on any atom is 0.255 e. The molecule has 0 atom stereocenters. The van der Waals surface area contributed by atoms with E-state index in [4.69, 9.17) is 5.11 Å². The number of phenolic OH excluding ortho intramolecular Hbond substituents is 2. The predicted molar refractivity (Wildman–Crippen MR) is 70.1 cm³/mol. The van der Waals surface area contributed by atoms with E-state index in [1.54, 1.807) is 0 Å². The zero-order chi connectivity index (χ0) is 13.8. The van der Waals surface area contributed by atoms with Crippen molar-refractivity contribution >= 4 is 5.91 Å². The molecule has 19 heavy (non-hydrogen) atoms. The number of amides is 1. The minimum absolute atomic E-state index is 0.0738. The van der Waals surface area contributed by atoms with Crippen LogP contribution in [-0.2, 0) is 0 Å². The molecule has 0 aromatic heterocycles. The third-order valence-electron chi connectivity index (χ3n) is 3.59. The van der Waals surface area contributed by atoms with Crippen molar-refractivity contribution in [3.63, 3.8) is 0 Å². The standard InChI is InChI=1S/C14H19NO4/c16-10-3-1-9(2-4-10)8-15-14(19)12-6-5-11(17)7-13(12)18/h5-7,9-10,16-18H,1-4,8H2,(H,15,19). The van der Waals surface area contributed by atoms with Gasteiger partial charge in [0.1, 0.15) is 11.5 Å². The number of aromatic hydroxyl groups is 2. The lowest BCUT2D eigenvalue weighted by atomic mass is 9.87. The molecule has 2 rings (SSSR count). The SMILES string of the molecule is O=C(NCC1CCC(O)CC1)c1ccc(O)cc1O. The highest BCUT2D eigenvalue weighted by atomic mass is 16.3. The van der Waals surface area contributed by atoms with Gasteiger partial charge in [-0.1, -0.05) is 0 Å². The highest BCUT2D eigenvalue weighted by Gasteiger charge is 2.20. The first kappa shape index (κ1) is 13.7. The Morgan fingerprint density at radius 2 is 1.89 bits per heavy atom. The molecule has 1 saturated carbocycles. The van der Waals surface area contributed by atoms with Crippen molar-refractivity contribution in [2.75, 3.05) is 6.54 Å². The first-order chi connectivity index (χ1) is 9.06. The Balaban J connectivity index is 1.87. The van der Waals surface area contributed by atoms with Crippen LogP contribution in [0.5, 0.6) is 11.5 Å². The quantitative estimate of drug-likeness (QED) is 0.664. The lowest BCUT2D eigenvalue weighted by Gasteiger charge is -2.25. The van der Waals surface area contributed by atoms with Crippen LogP contribution in [0, 0.1) is 5.92 Å². The molecule has 0 heterocycles. The van der Waals surface area contributed by atoms with Crippen molar-refractivity contribution < 1.29 is 20.1 Å². The van der Waals surface area contributed by atoms with Crippen molar-refractivity contribution in [2.45, 2.75) is 31.8 Å². The molecular weight excluding hydrogens is 246 g/mol. The van der Waals surface area contributed by atoms with Gasteiger partial charge >= 0.3 is 0 Å². The normalized spacial score (nSPS) is 23.0. The van der Waals surface area contributed by atoms with E-state index >= 15 is 0 Å². The van der Waals surface area contributed by atoms with Gasteiger partial charge in [-0.15, -0.1) is 0 Å². The molecule has 0 aliphatic heterocycles. The molecule has 0 saturated heterocycles. The van der Waals surface area contributed by atoms with E-state index in [9.17, 15) is 15.0 Å². The molecule has 0 bridgehead atoms. The van der Waals surface area contributed by atoms with Crippen molar-refractivity contribution in [3.8, 4) is 11.5 Å². The topological polar surface area (TPSA) is 89.8 Å². The Kier molecular flexibility index (Phi) is 4.27. The minimum atomic E-state index is -0.344. The molecule has 1 aliphatic rings. The first-order valence-electron chi connectivity index (χ1n) is 6.54. The van der Waals surface area contributed by atoms with Crippen LogP contribution in [0.15, 0.2) is 18.2 Å². The van der Waals surface area contributed by atoms with E-state index in [0.29, 0.717) is 12.5 Å². The van der Waals surface area contributed by atoms with Crippen molar-refractivity contribution in [2.24, 2.45) is 5.92 Å². The molecule has 1 fully saturated rings. The monoisotopic (exact) mass is 265 g/mol. The summed E-state index contributed by atoms with van der Waals surface area (Å²) in [5, 5.41) is 30.9. The highest BCUT2D eigenvalue weighted by molar-refractivity contribution is 5.96. The molecule has 4 N–H and O–H groups in total. The van der Waals surface area contributed by atoms with Crippen LogP contribution in [0.2, 0.25) is 0 Å². The first-order valence-corrected chi connectivity index (χ1v) is 6.54. The molecule has 1 aromatic carbocycles.